The van der Waals surface area contributed by atoms with Gasteiger partial charge in [-0.25, -0.2) is 4.79 Å². The summed E-state index contributed by atoms with van der Waals surface area (Å²) in [6, 6.07) is 19.2. The largest absolute Gasteiger partial charge is 0.480 e. The van der Waals surface area contributed by atoms with Crippen molar-refractivity contribution in [3.8, 4) is 0 Å². The minimum absolute atomic E-state index is 0.0602. The molecule has 1 N–H and O–H groups in total. The number of likely N-dealkylation sites (tertiary alicyclic amines) is 1. The number of aliphatic carboxylic acids is 1. The second kappa shape index (κ2) is 7.30. The van der Waals surface area contributed by atoms with E-state index in [-0.39, 0.29) is 18.2 Å². The van der Waals surface area contributed by atoms with Crippen LogP contribution in [0, 0.1) is 0 Å². The molecule has 1 atom stereocenters. The third-order valence-corrected chi connectivity index (χ3v) is 4.64. The summed E-state index contributed by atoms with van der Waals surface area (Å²) in [5.41, 5.74) is 2.14. The van der Waals surface area contributed by atoms with Gasteiger partial charge in [0.2, 0.25) is 5.91 Å². The summed E-state index contributed by atoms with van der Waals surface area (Å²) in [5.74, 6) is -1.05. The standard InChI is InChI=1S/C20H21NO3/c22-19(21-13-7-12-18(21)20(23)24)14-17(15-8-3-1-4-9-15)16-10-5-2-6-11-16/h1-6,8-11,17-18H,7,12-14H2,(H,23,24). The lowest BCUT2D eigenvalue weighted by atomic mass is 9.88. The summed E-state index contributed by atoms with van der Waals surface area (Å²) >= 11 is 0. The van der Waals surface area contributed by atoms with Crippen molar-refractivity contribution in [2.24, 2.45) is 0 Å². The van der Waals surface area contributed by atoms with Crippen LogP contribution >= 0.6 is 0 Å². The van der Waals surface area contributed by atoms with Crippen LogP contribution in [-0.4, -0.2) is 34.5 Å². The fraction of sp³-hybridized carbons (Fsp3) is 0.300. The molecule has 2 aromatic rings. The normalized spacial score (nSPS) is 17.2. The zero-order valence-corrected chi connectivity index (χ0v) is 13.5. The molecule has 1 fully saturated rings. The summed E-state index contributed by atoms with van der Waals surface area (Å²) in [6.07, 6.45) is 1.59. The fourth-order valence-corrected chi connectivity index (χ4v) is 3.41. The number of hydrogen-bond acceptors (Lipinski definition) is 2. The van der Waals surface area contributed by atoms with Crippen molar-refractivity contribution in [1.29, 1.82) is 0 Å². The van der Waals surface area contributed by atoms with E-state index in [0.717, 1.165) is 17.5 Å². The Morgan fingerprint density at radius 2 is 1.54 bits per heavy atom. The Bertz CT molecular complexity index is 660. The van der Waals surface area contributed by atoms with Gasteiger partial charge >= 0.3 is 5.97 Å². The minimum atomic E-state index is -0.906. The highest BCUT2D eigenvalue weighted by Gasteiger charge is 2.34. The van der Waals surface area contributed by atoms with E-state index in [0.29, 0.717) is 13.0 Å². The number of nitrogens with zero attached hydrogens (tertiary/aromatic N) is 1. The summed E-state index contributed by atoms with van der Waals surface area (Å²) in [6.45, 7) is 0.534. The monoisotopic (exact) mass is 323 g/mol. The zero-order chi connectivity index (χ0) is 16.9. The molecule has 1 heterocycles. The molecular weight excluding hydrogens is 302 g/mol. The van der Waals surface area contributed by atoms with Crippen molar-refractivity contribution in [2.75, 3.05) is 6.54 Å². The van der Waals surface area contributed by atoms with Crippen LogP contribution in [0.4, 0.5) is 0 Å². The predicted octanol–water partition coefficient (Wildman–Crippen LogP) is 3.28. The van der Waals surface area contributed by atoms with Gasteiger partial charge in [-0.1, -0.05) is 60.7 Å². The van der Waals surface area contributed by atoms with Gasteiger partial charge in [0.25, 0.3) is 0 Å². The van der Waals surface area contributed by atoms with E-state index in [1.54, 1.807) is 0 Å². The first-order chi connectivity index (χ1) is 11.7. The summed E-state index contributed by atoms with van der Waals surface area (Å²) in [4.78, 5) is 25.7. The van der Waals surface area contributed by atoms with Crippen molar-refractivity contribution in [1.82, 2.24) is 4.90 Å². The Kier molecular flexibility index (Phi) is 4.94. The lowest BCUT2D eigenvalue weighted by molar-refractivity contribution is -0.148. The molecule has 0 spiro atoms. The van der Waals surface area contributed by atoms with Gasteiger partial charge in [-0.3, -0.25) is 4.79 Å². The predicted molar refractivity (Wildman–Crippen MR) is 91.7 cm³/mol. The molecule has 1 aliphatic rings. The molecule has 3 rings (SSSR count). The van der Waals surface area contributed by atoms with Crippen LogP contribution in [0.2, 0.25) is 0 Å². The molecule has 124 valence electrons. The van der Waals surface area contributed by atoms with E-state index in [9.17, 15) is 14.7 Å². The Morgan fingerprint density at radius 1 is 1.00 bits per heavy atom. The molecule has 24 heavy (non-hydrogen) atoms. The van der Waals surface area contributed by atoms with Crippen molar-refractivity contribution in [3.63, 3.8) is 0 Å². The third kappa shape index (κ3) is 3.48. The number of carboxylic acid groups (broad SMARTS) is 1. The van der Waals surface area contributed by atoms with Crippen molar-refractivity contribution < 1.29 is 14.7 Å². The Labute approximate surface area is 141 Å². The third-order valence-electron chi connectivity index (χ3n) is 4.64. The molecule has 0 bridgehead atoms. The van der Waals surface area contributed by atoms with Crippen molar-refractivity contribution in [3.05, 3.63) is 71.8 Å². The lowest BCUT2D eigenvalue weighted by Gasteiger charge is -2.25. The second-order valence-electron chi connectivity index (χ2n) is 6.16. The number of hydrogen-bond donors (Lipinski definition) is 1. The summed E-state index contributed by atoms with van der Waals surface area (Å²) in [5, 5.41) is 9.31. The fourth-order valence-electron chi connectivity index (χ4n) is 3.41. The van der Waals surface area contributed by atoms with Crippen molar-refractivity contribution in [2.45, 2.75) is 31.2 Å². The van der Waals surface area contributed by atoms with E-state index in [2.05, 4.69) is 0 Å². The summed E-state index contributed by atoms with van der Waals surface area (Å²) in [7, 11) is 0. The van der Waals surface area contributed by atoms with Crippen LogP contribution in [-0.2, 0) is 9.59 Å². The van der Waals surface area contributed by atoms with Gasteiger partial charge in [0.1, 0.15) is 6.04 Å². The molecule has 4 heteroatoms. The first-order valence-electron chi connectivity index (χ1n) is 8.29. The number of amides is 1. The summed E-state index contributed by atoms with van der Waals surface area (Å²) < 4.78 is 0. The first-order valence-corrected chi connectivity index (χ1v) is 8.29. The molecule has 0 aromatic heterocycles. The molecule has 0 saturated carbocycles. The number of carbonyl (C=O) groups excluding carboxylic acids is 1. The van der Waals surface area contributed by atoms with Gasteiger partial charge in [0.15, 0.2) is 0 Å². The molecule has 4 nitrogen and oxygen atoms in total. The topological polar surface area (TPSA) is 57.6 Å². The molecule has 1 amide bonds. The van der Waals surface area contributed by atoms with Crippen LogP contribution in [0.3, 0.4) is 0 Å². The van der Waals surface area contributed by atoms with E-state index < -0.39 is 12.0 Å². The first kappa shape index (κ1) is 16.2. The molecule has 0 aliphatic carbocycles. The van der Waals surface area contributed by atoms with Gasteiger partial charge in [0.05, 0.1) is 0 Å². The minimum Gasteiger partial charge on any atom is -0.480 e. The average Bonchev–Trinajstić information content (AvgIpc) is 3.11. The Morgan fingerprint density at radius 3 is 2.04 bits per heavy atom. The Hall–Kier alpha value is -2.62. The van der Waals surface area contributed by atoms with Crippen LogP contribution in [0.15, 0.2) is 60.7 Å². The molecule has 1 aliphatic heterocycles. The maximum Gasteiger partial charge on any atom is 0.326 e. The molecule has 0 radical (unpaired) electrons. The molecule has 1 unspecified atom stereocenters. The number of carboxylic acids is 1. The van der Waals surface area contributed by atoms with Crippen molar-refractivity contribution >= 4 is 11.9 Å². The molecule has 2 aromatic carbocycles. The van der Waals surface area contributed by atoms with E-state index in [4.69, 9.17) is 0 Å². The van der Waals surface area contributed by atoms with Crippen LogP contribution in [0.1, 0.15) is 36.3 Å². The zero-order valence-electron chi connectivity index (χ0n) is 13.5. The highest BCUT2D eigenvalue weighted by atomic mass is 16.4. The maximum atomic E-state index is 12.8. The Balaban J connectivity index is 1.85. The highest BCUT2D eigenvalue weighted by molar-refractivity contribution is 5.85. The smallest absolute Gasteiger partial charge is 0.326 e. The second-order valence-corrected chi connectivity index (χ2v) is 6.16. The quantitative estimate of drug-likeness (QED) is 0.918. The molecule has 1 saturated heterocycles. The average molecular weight is 323 g/mol. The van der Waals surface area contributed by atoms with Gasteiger partial charge in [0, 0.05) is 18.9 Å². The van der Waals surface area contributed by atoms with E-state index >= 15 is 0 Å². The number of carbonyl (C=O) groups is 2. The van der Waals surface area contributed by atoms with Crippen LogP contribution in [0.5, 0.6) is 0 Å². The maximum absolute atomic E-state index is 12.8. The van der Waals surface area contributed by atoms with Gasteiger partial charge in [-0.15, -0.1) is 0 Å². The van der Waals surface area contributed by atoms with Crippen LogP contribution < -0.4 is 0 Å². The number of benzene rings is 2. The highest BCUT2D eigenvalue weighted by Crippen LogP contribution is 2.30. The molecular formula is C20H21NO3. The van der Waals surface area contributed by atoms with E-state index in [1.807, 2.05) is 60.7 Å². The SMILES string of the molecule is O=C(O)C1CCCN1C(=O)CC(c1ccccc1)c1ccccc1. The lowest BCUT2D eigenvalue weighted by Crippen LogP contribution is -2.40. The number of rotatable bonds is 5. The van der Waals surface area contributed by atoms with Gasteiger partial charge in [-0.05, 0) is 24.0 Å². The van der Waals surface area contributed by atoms with E-state index in [1.165, 1.54) is 4.90 Å². The van der Waals surface area contributed by atoms with Gasteiger partial charge in [-0.2, -0.15) is 0 Å². The van der Waals surface area contributed by atoms with Gasteiger partial charge < -0.3 is 10.0 Å². The van der Waals surface area contributed by atoms with Crippen LogP contribution in [0.25, 0.3) is 0 Å².